The number of hydrogen-bond acceptors (Lipinski definition) is 3. The molecule has 104 valence electrons. The minimum Gasteiger partial charge on any atom is -0.379 e. The van der Waals surface area contributed by atoms with Crippen LogP contribution in [0, 0.1) is 0 Å². The van der Waals surface area contributed by atoms with E-state index >= 15 is 0 Å². The number of benzene rings is 1. The number of hydrogen-bond donors (Lipinski definition) is 1. The molecule has 2 fully saturated rings. The molecule has 0 spiro atoms. The van der Waals surface area contributed by atoms with E-state index in [2.05, 4.69) is 36.2 Å². The lowest BCUT2D eigenvalue weighted by molar-refractivity contribution is -0.0550. The Kier molecular flexibility index (Phi) is 3.61. The van der Waals surface area contributed by atoms with E-state index in [4.69, 9.17) is 10.5 Å². The summed E-state index contributed by atoms with van der Waals surface area (Å²) in [7, 11) is 2.21. The molecule has 2 saturated heterocycles. The van der Waals surface area contributed by atoms with Crippen LogP contribution in [-0.4, -0.2) is 44.8 Å². The number of ether oxygens (including phenoxy) is 1. The third kappa shape index (κ3) is 2.42. The van der Waals surface area contributed by atoms with Crippen LogP contribution in [0.25, 0.3) is 0 Å². The van der Waals surface area contributed by atoms with E-state index < -0.39 is 0 Å². The van der Waals surface area contributed by atoms with Gasteiger partial charge in [-0.2, -0.15) is 0 Å². The second-order valence-electron chi connectivity index (χ2n) is 6.18. The smallest absolute Gasteiger partial charge is 0.0597 e. The Morgan fingerprint density at radius 3 is 2.63 bits per heavy atom. The molecule has 1 aromatic carbocycles. The van der Waals surface area contributed by atoms with Gasteiger partial charge in [0.2, 0.25) is 0 Å². The van der Waals surface area contributed by atoms with Crippen LogP contribution in [0.5, 0.6) is 0 Å². The lowest BCUT2D eigenvalue weighted by Gasteiger charge is -2.41. The van der Waals surface area contributed by atoms with Gasteiger partial charge in [0, 0.05) is 6.54 Å². The monoisotopic (exact) mass is 260 g/mol. The zero-order chi connectivity index (χ0) is 13.3. The molecule has 3 heteroatoms. The first kappa shape index (κ1) is 13.1. The van der Waals surface area contributed by atoms with Crippen molar-refractivity contribution in [3.8, 4) is 0 Å². The predicted molar refractivity (Wildman–Crippen MR) is 77.5 cm³/mol. The van der Waals surface area contributed by atoms with Gasteiger partial charge in [-0.05, 0) is 50.0 Å². The fraction of sp³-hybridized carbons (Fsp3) is 0.625. The van der Waals surface area contributed by atoms with Crippen LogP contribution >= 0.6 is 0 Å². The summed E-state index contributed by atoms with van der Waals surface area (Å²) >= 11 is 0. The first-order chi connectivity index (χ1) is 9.23. The Morgan fingerprint density at radius 1 is 1.32 bits per heavy atom. The topological polar surface area (TPSA) is 38.5 Å². The number of piperidine rings is 1. The third-order valence-electron chi connectivity index (χ3n) is 4.84. The summed E-state index contributed by atoms with van der Waals surface area (Å²) < 4.78 is 5.40. The third-order valence-corrected chi connectivity index (χ3v) is 4.84. The largest absolute Gasteiger partial charge is 0.379 e. The molecule has 0 atom stereocenters. The van der Waals surface area contributed by atoms with Crippen molar-refractivity contribution in [3.05, 3.63) is 35.4 Å². The van der Waals surface area contributed by atoms with Gasteiger partial charge in [0.25, 0.3) is 0 Å². The summed E-state index contributed by atoms with van der Waals surface area (Å²) in [5.41, 5.74) is 8.91. The van der Waals surface area contributed by atoms with Gasteiger partial charge in [-0.3, -0.25) is 0 Å². The minimum absolute atomic E-state index is 0.0848. The fourth-order valence-electron chi connectivity index (χ4n) is 3.22. The first-order valence-electron chi connectivity index (χ1n) is 7.30. The van der Waals surface area contributed by atoms with Crippen LogP contribution in [0.3, 0.4) is 0 Å². The highest BCUT2D eigenvalue weighted by molar-refractivity contribution is 5.34. The normalized spacial score (nSPS) is 24.1. The second-order valence-corrected chi connectivity index (χ2v) is 6.18. The Bertz CT molecular complexity index is 429. The molecule has 0 saturated carbocycles. The summed E-state index contributed by atoms with van der Waals surface area (Å²) in [6, 6.07) is 9.07. The van der Waals surface area contributed by atoms with Gasteiger partial charge in [0.1, 0.15) is 0 Å². The maximum atomic E-state index is 5.96. The van der Waals surface area contributed by atoms with E-state index in [-0.39, 0.29) is 5.41 Å². The van der Waals surface area contributed by atoms with Gasteiger partial charge >= 0.3 is 0 Å². The van der Waals surface area contributed by atoms with Crippen LogP contribution in [0.15, 0.2) is 24.3 Å². The van der Waals surface area contributed by atoms with Gasteiger partial charge in [-0.1, -0.05) is 24.3 Å². The Hall–Kier alpha value is -0.900. The fourth-order valence-corrected chi connectivity index (χ4v) is 3.22. The molecule has 19 heavy (non-hydrogen) atoms. The van der Waals surface area contributed by atoms with Crippen molar-refractivity contribution in [3.63, 3.8) is 0 Å². The predicted octanol–water partition coefficient (Wildman–Crippen LogP) is 1.72. The molecule has 3 nitrogen and oxygen atoms in total. The lowest BCUT2D eigenvalue weighted by Crippen LogP contribution is -2.52. The van der Waals surface area contributed by atoms with Crippen molar-refractivity contribution >= 4 is 0 Å². The molecule has 0 unspecified atom stereocenters. The van der Waals surface area contributed by atoms with E-state index in [0.717, 1.165) is 13.2 Å². The number of likely N-dealkylation sites (tertiary alicyclic amines) is 1. The molecule has 2 N–H and O–H groups in total. The number of nitrogens with zero attached hydrogens (tertiary/aromatic N) is 1. The highest BCUT2D eigenvalue weighted by Gasteiger charge is 2.39. The molecule has 0 aliphatic carbocycles. The molecule has 2 heterocycles. The second kappa shape index (κ2) is 5.23. The average molecular weight is 260 g/mol. The molecule has 0 aromatic heterocycles. The van der Waals surface area contributed by atoms with Gasteiger partial charge in [0.15, 0.2) is 0 Å². The minimum atomic E-state index is 0.0848. The van der Waals surface area contributed by atoms with Gasteiger partial charge in [-0.25, -0.2) is 0 Å². The molecular weight excluding hydrogens is 236 g/mol. The van der Waals surface area contributed by atoms with Gasteiger partial charge in [-0.15, -0.1) is 0 Å². The van der Waals surface area contributed by atoms with E-state index in [1.54, 1.807) is 0 Å². The van der Waals surface area contributed by atoms with E-state index in [1.807, 2.05) is 0 Å². The van der Waals surface area contributed by atoms with Gasteiger partial charge < -0.3 is 15.4 Å². The number of nitrogens with two attached hydrogens (primary N) is 1. The summed E-state index contributed by atoms with van der Waals surface area (Å²) in [4.78, 5) is 2.42. The first-order valence-corrected chi connectivity index (χ1v) is 7.30. The number of rotatable bonds is 3. The summed E-state index contributed by atoms with van der Waals surface area (Å²) in [5.74, 6) is 0.715. The van der Waals surface area contributed by atoms with Crippen LogP contribution in [0.1, 0.15) is 29.9 Å². The zero-order valence-corrected chi connectivity index (χ0v) is 11.8. The highest BCUT2D eigenvalue weighted by atomic mass is 16.5. The van der Waals surface area contributed by atoms with Crippen molar-refractivity contribution in [2.75, 3.05) is 39.9 Å². The zero-order valence-electron chi connectivity index (χ0n) is 11.8. The quantitative estimate of drug-likeness (QED) is 0.899. The molecule has 0 bridgehead atoms. The molecule has 3 rings (SSSR count). The van der Waals surface area contributed by atoms with Crippen LogP contribution in [-0.2, 0) is 10.2 Å². The van der Waals surface area contributed by atoms with Crippen molar-refractivity contribution < 1.29 is 4.74 Å². The van der Waals surface area contributed by atoms with Crippen LogP contribution < -0.4 is 5.73 Å². The summed E-state index contributed by atoms with van der Waals surface area (Å²) in [6.07, 6.45) is 2.54. The van der Waals surface area contributed by atoms with Gasteiger partial charge in [0.05, 0.1) is 18.6 Å². The van der Waals surface area contributed by atoms with Crippen molar-refractivity contribution in [2.24, 2.45) is 5.73 Å². The van der Waals surface area contributed by atoms with Crippen molar-refractivity contribution in [2.45, 2.75) is 24.2 Å². The molecule has 2 aliphatic rings. The summed E-state index contributed by atoms with van der Waals surface area (Å²) in [5, 5.41) is 0. The summed E-state index contributed by atoms with van der Waals surface area (Å²) in [6.45, 7) is 4.66. The van der Waals surface area contributed by atoms with Crippen LogP contribution in [0.2, 0.25) is 0 Å². The van der Waals surface area contributed by atoms with E-state index in [1.165, 1.54) is 37.1 Å². The average Bonchev–Trinajstić information content (AvgIpc) is 2.39. The molecule has 1 aromatic rings. The Labute approximate surface area is 115 Å². The molecule has 0 radical (unpaired) electrons. The Morgan fingerprint density at radius 2 is 2.05 bits per heavy atom. The SMILES string of the molecule is CN1CCC(c2cccc(C3(CN)COC3)c2)CC1. The maximum Gasteiger partial charge on any atom is 0.0597 e. The standard InChI is InChI=1S/C16H24N2O/c1-18-7-5-13(6-8-18)14-3-2-4-15(9-14)16(10-17)11-19-12-16/h2-4,9,13H,5-8,10-12,17H2,1H3. The molecule has 2 aliphatic heterocycles. The highest BCUT2D eigenvalue weighted by Crippen LogP contribution is 2.34. The van der Waals surface area contributed by atoms with E-state index in [9.17, 15) is 0 Å². The lowest BCUT2D eigenvalue weighted by atomic mass is 9.77. The van der Waals surface area contributed by atoms with Crippen LogP contribution in [0.4, 0.5) is 0 Å². The maximum absolute atomic E-state index is 5.96. The molecular formula is C16H24N2O. The van der Waals surface area contributed by atoms with Crippen molar-refractivity contribution in [1.82, 2.24) is 4.90 Å². The Balaban J connectivity index is 1.80. The van der Waals surface area contributed by atoms with E-state index in [0.29, 0.717) is 12.5 Å². The van der Waals surface area contributed by atoms with Crippen molar-refractivity contribution in [1.29, 1.82) is 0 Å². The molecule has 0 amide bonds.